The van der Waals surface area contributed by atoms with Crippen molar-refractivity contribution in [2.24, 2.45) is 0 Å². The van der Waals surface area contributed by atoms with Gasteiger partial charge in [-0.05, 0) is 31.2 Å². The van der Waals surface area contributed by atoms with Gasteiger partial charge in [0.25, 0.3) is 11.7 Å². The summed E-state index contributed by atoms with van der Waals surface area (Å²) in [5.74, 6) is -2.14. The van der Waals surface area contributed by atoms with Crippen molar-refractivity contribution in [3.8, 4) is 16.9 Å². The van der Waals surface area contributed by atoms with Crippen molar-refractivity contribution in [3.63, 3.8) is 0 Å². The van der Waals surface area contributed by atoms with Gasteiger partial charge in [0.1, 0.15) is 0 Å². The lowest BCUT2D eigenvalue weighted by atomic mass is 9.89. The van der Waals surface area contributed by atoms with Gasteiger partial charge in [-0.3, -0.25) is 14.4 Å². The Morgan fingerprint density at radius 1 is 0.683 bits per heavy atom. The number of hydrogen-bond donors (Lipinski definition) is 1. The van der Waals surface area contributed by atoms with Crippen LogP contribution in [0.1, 0.15) is 32.0 Å². The zero-order valence-corrected chi connectivity index (χ0v) is 22.1. The highest BCUT2D eigenvalue weighted by atomic mass is 16.2. The number of hydrogen-bond acceptors (Lipinski definition) is 5. The Balaban J connectivity index is 1.68. The van der Waals surface area contributed by atoms with Gasteiger partial charge in [0.15, 0.2) is 11.4 Å². The van der Waals surface area contributed by atoms with Gasteiger partial charge in [-0.2, -0.15) is 5.10 Å². The topological polar surface area (TPSA) is 93.9 Å². The smallest absolute Gasteiger partial charge is 0.296 e. The number of pyridine rings is 1. The fraction of sp³-hybridized carbons (Fsp3) is 0.0294. The number of aryl methyl sites for hydroxylation is 1. The molecule has 2 heterocycles. The molecule has 0 aliphatic heterocycles. The summed E-state index contributed by atoms with van der Waals surface area (Å²) in [6.07, 6.45) is 0. The van der Waals surface area contributed by atoms with Crippen molar-refractivity contribution < 1.29 is 14.4 Å². The van der Waals surface area contributed by atoms with Crippen LogP contribution in [0.25, 0.3) is 28.0 Å². The number of benzene rings is 4. The molecule has 6 rings (SSSR count). The highest BCUT2D eigenvalue weighted by Crippen LogP contribution is 2.35. The molecule has 1 amide bonds. The molecule has 0 fully saturated rings. The monoisotopic (exact) mass is 536 g/mol. The predicted molar refractivity (Wildman–Crippen MR) is 158 cm³/mol. The average Bonchev–Trinajstić information content (AvgIpc) is 3.37. The van der Waals surface area contributed by atoms with E-state index in [2.05, 4.69) is 5.32 Å². The lowest BCUT2D eigenvalue weighted by Crippen LogP contribution is -2.26. The van der Waals surface area contributed by atoms with Gasteiger partial charge in [-0.25, -0.2) is 9.67 Å². The van der Waals surface area contributed by atoms with Crippen LogP contribution in [0.5, 0.6) is 0 Å². The number of ketones is 2. The number of amides is 1. The van der Waals surface area contributed by atoms with Gasteiger partial charge in [0.05, 0.1) is 28.0 Å². The fourth-order valence-electron chi connectivity index (χ4n) is 4.88. The molecule has 6 aromatic rings. The molecule has 0 radical (unpaired) electrons. The largest absolute Gasteiger partial charge is 0.319 e. The minimum Gasteiger partial charge on any atom is -0.319 e. The van der Waals surface area contributed by atoms with Crippen LogP contribution in [0.2, 0.25) is 0 Å². The Labute approximate surface area is 236 Å². The maximum absolute atomic E-state index is 14.3. The first-order valence-electron chi connectivity index (χ1n) is 13.1. The highest BCUT2D eigenvalue weighted by molar-refractivity contribution is 6.49. The molecule has 0 aliphatic rings. The number of fused-ring (bicyclic) bond motifs is 1. The van der Waals surface area contributed by atoms with E-state index in [1.54, 1.807) is 72.3 Å². The van der Waals surface area contributed by atoms with Gasteiger partial charge in [-0.1, -0.05) is 97.1 Å². The molecule has 0 saturated heterocycles. The maximum atomic E-state index is 14.3. The molecule has 0 unspecified atom stereocenters. The Morgan fingerprint density at radius 2 is 1.24 bits per heavy atom. The second-order valence-electron chi connectivity index (χ2n) is 9.45. The molecule has 4 aromatic carbocycles. The maximum Gasteiger partial charge on any atom is 0.296 e. The molecule has 7 heteroatoms. The first kappa shape index (κ1) is 25.6. The molecule has 0 aliphatic carbocycles. The van der Waals surface area contributed by atoms with E-state index in [1.165, 1.54) is 0 Å². The van der Waals surface area contributed by atoms with Crippen molar-refractivity contribution in [2.75, 3.05) is 5.32 Å². The van der Waals surface area contributed by atoms with Crippen molar-refractivity contribution >= 4 is 34.2 Å². The van der Waals surface area contributed by atoms with Crippen LogP contribution in [-0.2, 0) is 4.79 Å². The molecule has 0 saturated carbocycles. The van der Waals surface area contributed by atoms with Gasteiger partial charge in [0, 0.05) is 22.4 Å². The van der Waals surface area contributed by atoms with E-state index < -0.39 is 17.5 Å². The van der Waals surface area contributed by atoms with Crippen molar-refractivity contribution in [2.45, 2.75) is 6.92 Å². The van der Waals surface area contributed by atoms with E-state index in [-0.39, 0.29) is 16.8 Å². The van der Waals surface area contributed by atoms with Gasteiger partial charge in [0.2, 0.25) is 0 Å². The van der Waals surface area contributed by atoms with Crippen molar-refractivity contribution in [3.05, 3.63) is 144 Å². The van der Waals surface area contributed by atoms with Gasteiger partial charge >= 0.3 is 0 Å². The summed E-state index contributed by atoms with van der Waals surface area (Å²) in [5.41, 5.74) is 3.34. The predicted octanol–water partition coefficient (Wildman–Crippen LogP) is 6.45. The number of nitrogens with zero attached hydrogens (tertiary/aromatic N) is 3. The quantitative estimate of drug-likeness (QED) is 0.187. The van der Waals surface area contributed by atoms with E-state index in [4.69, 9.17) is 10.1 Å². The molecule has 0 bridgehead atoms. The average molecular weight is 537 g/mol. The summed E-state index contributed by atoms with van der Waals surface area (Å²) in [6.45, 7) is 1.77. The second kappa shape index (κ2) is 10.8. The summed E-state index contributed by atoms with van der Waals surface area (Å²) in [5, 5.41) is 7.82. The van der Waals surface area contributed by atoms with E-state index in [9.17, 15) is 14.4 Å². The molecule has 41 heavy (non-hydrogen) atoms. The molecular weight excluding hydrogens is 512 g/mol. The van der Waals surface area contributed by atoms with Crippen LogP contribution in [0.3, 0.4) is 0 Å². The van der Waals surface area contributed by atoms with E-state index in [0.29, 0.717) is 33.5 Å². The summed E-state index contributed by atoms with van der Waals surface area (Å²) < 4.78 is 1.66. The molecule has 2 aromatic heterocycles. The lowest BCUT2D eigenvalue weighted by molar-refractivity contribution is -0.112. The van der Waals surface area contributed by atoms with E-state index in [0.717, 1.165) is 5.69 Å². The summed E-state index contributed by atoms with van der Waals surface area (Å²) in [4.78, 5) is 46.8. The Bertz CT molecular complexity index is 1900. The number of nitrogens with one attached hydrogen (secondary N) is 1. The molecule has 1 N–H and O–H groups in total. The standard InChI is InChI=1S/C34H24N4O3/c1-22-27-28(31(39)24-16-8-3-9-17-24)29(32(40)34(41)35-25-18-10-4-11-19-25)30(23-14-6-2-7-15-23)36-33(27)38(37-22)26-20-12-5-13-21-26/h2-21H,1H3,(H,35,41). The fourth-order valence-corrected chi connectivity index (χ4v) is 4.88. The molecule has 0 spiro atoms. The SMILES string of the molecule is Cc1nn(-c2ccccc2)c2nc(-c3ccccc3)c(C(=O)C(=O)Nc3ccccc3)c(C(=O)c3ccccc3)c12. The number of para-hydroxylation sites is 2. The van der Waals surface area contributed by atoms with Gasteiger partial charge < -0.3 is 5.32 Å². The zero-order valence-electron chi connectivity index (χ0n) is 22.1. The summed E-state index contributed by atoms with van der Waals surface area (Å²) >= 11 is 0. The third-order valence-electron chi connectivity index (χ3n) is 6.77. The summed E-state index contributed by atoms with van der Waals surface area (Å²) in [7, 11) is 0. The molecule has 198 valence electrons. The van der Waals surface area contributed by atoms with Crippen LogP contribution < -0.4 is 5.32 Å². The third-order valence-corrected chi connectivity index (χ3v) is 6.77. The number of anilines is 1. The van der Waals surface area contributed by atoms with Crippen LogP contribution in [0.4, 0.5) is 5.69 Å². The van der Waals surface area contributed by atoms with Crippen molar-refractivity contribution in [1.29, 1.82) is 0 Å². The Kier molecular flexibility index (Phi) is 6.75. The second-order valence-corrected chi connectivity index (χ2v) is 9.45. The Hall–Kier alpha value is -5.69. The first-order chi connectivity index (χ1) is 20.0. The number of carbonyl (C=O) groups excluding carboxylic acids is 3. The number of carbonyl (C=O) groups is 3. The zero-order chi connectivity index (χ0) is 28.3. The molecule has 7 nitrogen and oxygen atoms in total. The van der Waals surface area contributed by atoms with E-state index >= 15 is 0 Å². The molecular formula is C34H24N4O3. The summed E-state index contributed by atoms with van der Waals surface area (Å²) in [6, 6.07) is 35.9. The van der Waals surface area contributed by atoms with Crippen LogP contribution in [-0.4, -0.2) is 32.2 Å². The minimum atomic E-state index is -0.871. The third kappa shape index (κ3) is 4.81. The minimum absolute atomic E-state index is 0.0679. The molecule has 0 atom stereocenters. The normalized spacial score (nSPS) is 10.9. The number of rotatable bonds is 7. The van der Waals surface area contributed by atoms with E-state index in [1.807, 2.05) is 60.7 Å². The van der Waals surface area contributed by atoms with Crippen LogP contribution >= 0.6 is 0 Å². The number of Topliss-reactive ketones (excluding diaryl/α,β-unsaturated/α-hetero) is 1. The van der Waals surface area contributed by atoms with Crippen LogP contribution in [0, 0.1) is 6.92 Å². The number of aromatic nitrogens is 3. The van der Waals surface area contributed by atoms with Gasteiger partial charge in [-0.15, -0.1) is 0 Å². The lowest BCUT2D eigenvalue weighted by Gasteiger charge is -2.16. The highest BCUT2D eigenvalue weighted by Gasteiger charge is 2.33. The Morgan fingerprint density at radius 3 is 1.88 bits per heavy atom. The van der Waals surface area contributed by atoms with Crippen LogP contribution in [0.15, 0.2) is 121 Å². The van der Waals surface area contributed by atoms with Crippen molar-refractivity contribution in [1.82, 2.24) is 14.8 Å². The first-order valence-corrected chi connectivity index (χ1v) is 13.1.